The van der Waals surface area contributed by atoms with Crippen LogP contribution >= 0.6 is 11.6 Å². The van der Waals surface area contributed by atoms with Crippen molar-refractivity contribution in [1.29, 1.82) is 0 Å². The first kappa shape index (κ1) is 26.0. The van der Waals surface area contributed by atoms with Gasteiger partial charge in [-0.15, -0.1) is 0 Å². The number of aryl methyl sites for hydroxylation is 3. The Balaban J connectivity index is 1.42. The van der Waals surface area contributed by atoms with E-state index in [9.17, 15) is 13.2 Å². The number of halogens is 1. The molecule has 0 radical (unpaired) electrons. The van der Waals surface area contributed by atoms with Crippen molar-refractivity contribution in [2.24, 2.45) is 0 Å². The maximum atomic E-state index is 13.6. The van der Waals surface area contributed by atoms with Crippen LogP contribution in [0.15, 0.2) is 88.7 Å². The van der Waals surface area contributed by atoms with Crippen molar-refractivity contribution >= 4 is 27.3 Å². The predicted molar refractivity (Wildman–Crippen MR) is 150 cm³/mol. The van der Waals surface area contributed by atoms with E-state index < -0.39 is 9.84 Å². The Kier molecular flexibility index (Phi) is 7.03. The molecule has 0 saturated carbocycles. The zero-order valence-electron chi connectivity index (χ0n) is 21.5. The highest BCUT2D eigenvalue weighted by Gasteiger charge is 2.25. The van der Waals surface area contributed by atoms with Crippen LogP contribution < -0.4 is 4.74 Å². The highest BCUT2D eigenvalue weighted by molar-refractivity contribution is 7.91. The Morgan fingerprint density at radius 3 is 2.29 bits per heavy atom. The first-order valence-electron chi connectivity index (χ1n) is 12.4. The normalized spacial score (nSPS) is 13.4. The van der Waals surface area contributed by atoms with Crippen molar-refractivity contribution in [3.8, 4) is 16.9 Å². The lowest BCUT2D eigenvalue weighted by Crippen LogP contribution is -2.33. The van der Waals surface area contributed by atoms with Gasteiger partial charge < -0.3 is 9.64 Å². The van der Waals surface area contributed by atoms with Crippen LogP contribution in [0.4, 0.5) is 0 Å². The highest BCUT2D eigenvalue weighted by atomic mass is 35.5. The van der Waals surface area contributed by atoms with Gasteiger partial charge in [-0.1, -0.05) is 41.9 Å². The molecular weight excluding hydrogens is 518 g/mol. The number of hydrogen-bond acceptors (Lipinski definition) is 4. The number of hydrogen-bond donors (Lipinski definition) is 0. The highest BCUT2D eigenvalue weighted by Crippen LogP contribution is 2.31. The van der Waals surface area contributed by atoms with Crippen LogP contribution in [0, 0.1) is 20.8 Å². The van der Waals surface area contributed by atoms with Crippen LogP contribution in [-0.4, -0.2) is 32.4 Å². The fourth-order valence-corrected chi connectivity index (χ4v) is 6.30. The minimum atomic E-state index is -3.76. The molecule has 38 heavy (non-hydrogen) atoms. The molecule has 194 valence electrons. The van der Waals surface area contributed by atoms with Crippen LogP contribution in [-0.2, 0) is 16.4 Å². The SMILES string of the molecule is Cc1ccc(-c2ccc3c(c2)CN(C(=O)c2ccc(S(=O)(=O)c4cccc(Cl)c4)cc2C)CCO3)cc1C. The van der Waals surface area contributed by atoms with E-state index in [4.69, 9.17) is 16.3 Å². The third kappa shape index (κ3) is 5.06. The van der Waals surface area contributed by atoms with Crippen molar-refractivity contribution in [2.75, 3.05) is 13.2 Å². The topological polar surface area (TPSA) is 63.7 Å². The van der Waals surface area contributed by atoms with Crippen molar-refractivity contribution < 1.29 is 17.9 Å². The number of ether oxygens (including phenoxy) is 1. The Morgan fingerprint density at radius 1 is 0.816 bits per heavy atom. The molecule has 0 fully saturated rings. The van der Waals surface area contributed by atoms with E-state index in [1.165, 1.54) is 29.3 Å². The second-order valence-electron chi connectivity index (χ2n) is 9.63. The van der Waals surface area contributed by atoms with Gasteiger partial charge in [-0.3, -0.25) is 4.79 Å². The fourth-order valence-electron chi connectivity index (χ4n) is 4.65. The predicted octanol–water partition coefficient (Wildman–Crippen LogP) is 6.80. The number of sulfone groups is 1. The standard InChI is InChI=1S/C31H28ClNO4S/c1-20-7-8-23(15-21(20)2)24-9-12-30-25(17-24)19-33(13-14-37-30)31(34)29-11-10-28(16-22(29)3)38(35,36)27-6-4-5-26(32)18-27/h4-12,15-18H,13-14,19H2,1-3H3. The Labute approximate surface area is 228 Å². The summed E-state index contributed by atoms with van der Waals surface area (Å²) in [5.74, 6) is 0.606. The summed E-state index contributed by atoms with van der Waals surface area (Å²) in [7, 11) is -3.76. The van der Waals surface area contributed by atoms with E-state index in [2.05, 4.69) is 38.1 Å². The largest absolute Gasteiger partial charge is 0.491 e. The van der Waals surface area contributed by atoms with Gasteiger partial charge in [-0.2, -0.15) is 0 Å². The van der Waals surface area contributed by atoms with Crippen LogP contribution in [0.25, 0.3) is 11.1 Å². The van der Waals surface area contributed by atoms with Gasteiger partial charge >= 0.3 is 0 Å². The van der Waals surface area contributed by atoms with Crippen molar-refractivity contribution in [3.63, 3.8) is 0 Å². The molecule has 7 heteroatoms. The Morgan fingerprint density at radius 2 is 1.55 bits per heavy atom. The molecule has 0 spiro atoms. The number of fused-ring (bicyclic) bond motifs is 1. The van der Waals surface area contributed by atoms with Crippen molar-refractivity contribution in [2.45, 2.75) is 37.1 Å². The number of rotatable bonds is 4. The Hall–Kier alpha value is -3.61. The summed E-state index contributed by atoms with van der Waals surface area (Å²) >= 11 is 6.00. The molecule has 0 aliphatic carbocycles. The molecule has 4 aromatic rings. The van der Waals surface area contributed by atoms with Gasteiger partial charge in [0, 0.05) is 22.7 Å². The summed E-state index contributed by atoms with van der Waals surface area (Å²) in [6, 6.07) is 23.3. The summed E-state index contributed by atoms with van der Waals surface area (Å²) in [5.41, 5.74) is 6.63. The van der Waals surface area contributed by atoms with Gasteiger partial charge in [-0.05, 0) is 97.1 Å². The molecule has 0 saturated heterocycles. The number of carbonyl (C=O) groups is 1. The molecule has 0 aromatic heterocycles. The van der Waals surface area contributed by atoms with Crippen LogP contribution in [0.5, 0.6) is 5.75 Å². The minimum Gasteiger partial charge on any atom is -0.491 e. The first-order chi connectivity index (χ1) is 18.1. The Bertz CT molecular complexity index is 1660. The summed E-state index contributed by atoms with van der Waals surface area (Å²) in [4.78, 5) is 15.6. The molecule has 0 N–H and O–H groups in total. The molecule has 1 aliphatic rings. The van der Waals surface area contributed by atoms with E-state index in [-0.39, 0.29) is 15.7 Å². The van der Waals surface area contributed by atoms with E-state index in [1.807, 2.05) is 12.1 Å². The van der Waals surface area contributed by atoms with E-state index >= 15 is 0 Å². The fraction of sp³-hybridized carbons (Fsp3) is 0.194. The molecule has 0 bridgehead atoms. The van der Waals surface area contributed by atoms with Crippen LogP contribution in [0.2, 0.25) is 5.02 Å². The van der Waals surface area contributed by atoms with Crippen LogP contribution in [0.1, 0.15) is 32.6 Å². The summed E-state index contributed by atoms with van der Waals surface area (Å²) in [6.45, 7) is 7.14. The number of benzene rings is 4. The second kappa shape index (κ2) is 10.3. The molecule has 0 unspecified atom stereocenters. The van der Waals surface area contributed by atoms with Crippen LogP contribution in [0.3, 0.4) is 0 Å². The quantitative estimate of drug-likeness (QED) is 0.283. The summed E-state index contributed by atoms with van der Waals surface area (Å²) in [6.07, 6.45) is 0. The molecule has 4 aromatic carbocycles. The lowest BCUT2D eigenvalue weighted by molar-refractivity contribution is 0.0732. The second-order valence-corrected chi connectivity index (χ2v) is 12.0. The molecular formula is C31H28ClNO4S. The van der Waals surface area contributed by atoms with E-state index in [0.29, 0.717) is 35.8 Å². The average molecular weight is 546 g/mol. The van der Waals surface area contributed by atoms with Gasteiger partial charge in [0.1, 0.15) is 12.4 Å². The van der Waals surface area contributed by atoms with Gasteiger partial charge in [0.15, 0.2) is 0 Å². The molecule has 1 amide bonds. The molecule has 5 rings (SSSR count). The number of amides is 1. The first-order valence-corrected chi connectivity index (χ1v) is 14.2. The summed E-state index contributed by atoms with van der Waals surface area (Å²) < 4.78 is 32.2. The average Bonchev–Trinajstić information content (AvgIpc) is 3.12. The third-order valence-electron chi connectivity index (χ3n) is 7.01. The number of nitrogens with zero attached hydrogens (tertiary/aromatic N) is 1. The van der Waals surface area contributed by atoms with E-state index in [1.54, 1.807) is 36.1 Å². The van der Waals surface area contributed by atoms with Crippen molar-refractivity contribution in [1.82, 2.24) is 4.90 Å². The van der Waals surface area contributed by atoms with Crippen molar-refractivity contribution in [3.05, 3.63) is 112 Å². The molecule has 5 nitrogen and oxygen atoms in total. The van der Waals surface area contributed by atoms with E-state index in [0.717, 1.165) is 22.4 Å². The third-order valence-corrected chi connectivity index (χ3v) is 9.00. The van der Waals surface area contributed by atoms with Gasteiger partial charge in [0.05, 0.1) is 16.3 Å². The summed E-state index contributed by atoms with van der Waals surface area (Å²) in [5, 5.41) is 0.346. The smallest absolute Gasteiger partial charge is 0.254 e. The maximum Gasteiger partial charge on any atom is 0.254 e. The molecule has 1 aliphatic heterocycles. The number of carbonyl (C=O) groups excluding carboxylic acids is 1. The molecule has 0 atom stereocenters. The lowest BCUT2D eigenvalue weighted by Gasteiger charge is -2.21. The van der Waals surface area contributed by atoms with Gasteiger partial charge in [-0.25, -0.2) is 8.42 Å². The monoisotopic (exact) mass is 545 g/mol. The van der Waals surface area contributed by atoms with Gasteiger partial charge in [0.2, 0.25) is 9.84 Å². The lowest BCUT2D eigenvalue weighted by atomic mass is 9.98. The zero-order chi connectivity index (χ0) is 27.0. The maximum absolute atomic E-state index is 13.6. The minimum absolute atomic E-state index is 0.115. The molecule has 1 heterocycles. The zero-order valence-corrected chi connectivity index (χ0v) is 23.1. The van der Waals surface area contributed by atoms with Gasteiger partial charge in [0.25, 0.3) is 5.91 Å².